The number of aromatic hydroxyl groups is 1. The van der Waals surface area contributed by atoms with E-state index in [9.17, 15) is 5.11 Å². The van der Waals surface area contributed by atoms with Gasteiger partial charge < -0.3 is 15.6 Å². The zero-order valence-corrected chi connectivity index (χ0v) is 9.71. The van der Waals surface area contributed by atoms with Gasteiger partial charge in [-0.2, -0.15) is 0 Å². The predicted molar refractivity (Wildman–Crippen MR) is 61.2 cm³/mol. The Hall–Kier alpha value is -0.770. The number of phenolic OH excluding ortho intramolecular Hbond substituents is 1. The van der Waals surface area contributed by atoms with E-state index in [1.54, 1.807) is 19.2 Å². The fourth-order valence-electron chi connectivity index (χ4n) is 1.49. The number of nitrogens with two attached hydrogens (primary N) is 1. The van der Waals surface area contributed by atoms with Crippen LogP contribution in [-0.2, 0) is 17.8 Å². The van der Waals surface area contributed by atoms with Crippen molar-refractivity contribution in [3.8, 4) is 5.75 Å². The lowest BCUT2D eigenvalue weighted by molar-refractivity contribution is 0.182. The van der Waals surface area contributed by atoms with E-state index in [0.717, 1.165) is 5.56 Å². The van der Waals surface area contributed by atoms with Crippen molar-refractivity contribution in [3.05, 3.63) is 28.3 Å². The fraction of sp³-hybridized carbons (Fsp3) is 0.455. The van der Waals surface area contributed by atoms with Crippen molar-refractivity contribution in [1.82, 2.24) is 0 Å². The monoisotopic (exact) mass is 229 g/mol. The molecule has 3 N–H and O–H groups in total. The standard InChI is InChI=1S/C11H16ClNO2/c1-7(13)3-8-4-10(12)5-9(6-15-2)11(8)14/h4-5,7,14H,3,6,13H2,1-2H3. The molecule has 1 rings (SSSR count). The van der Waals surface area contributed by atoms with Crippen LogP contribution >= 0.6 is 11.6 Å². The highest BCUT2D eigenvalue weighted by Gasteiger charge is 2.10. The normalized spacial score (nSPS) is 12.8. The third-order valence-corrected chi connectivity index (χ3v) is 2.29. The van der Waals surface area contributed by atoms with Gasteiger partial charge in [-0.05, 0) is 31.0 Å². The molecular formula is C11H16ClNO2. The summed E-state index contributed by atoms with van der Waals surface area (Å²) in [5.74, 6) is 0.235. The van der Waals surface area contributed by atoms with Crippen LogP contribution in [0.1, 0.15) is 18.1 Å². The molecule has 0 amide bonds. The maximum Gasteiger partial charge on any atom is 0.124 e. The number of ether oxygens (including phenoxy) is 1. The molecule has 0 saturated heterocycles. The van der Waals surface area contributed by atoms with Gasteiger partial charge in [-0.15, -0.1) is 0 Å². The Balaban J connectivity index is 3.04. The minimum Gasteiger partial charge on any atom is -0.507 e. The average Bonchev–Trinajstić information content (AvgIpc) is 2.12. The summed E-state index contributed by atoms with van der Waals surface area (Å²) >= 11 is 5.93. The second-order valence-corrected chi connectivity index (χ2v) is 4.12. The Kier molecular flexibility index (Phi) is 4.39. The van der Waals surface area contributed by atoms with E-state index >= 15 is 0 Å². The van der Waals surface area contributed by atoms with Crippen LogP contribution in [0.2, 0.25) is 5.02 Å². The molecule has 0 heterocycles. The van der Waals surface area contributed by atoms with Crippen molar-refractivity contribution >= 4 is 11.6 Å². The third-order valence-electron chi connectivity index (χ3n) is 2.07. The Bertz CT molecular complexity index is 340. The fourth-order valence-corrected chi connectivity index (χ4v) is 1.75. The van der Waals surface area contributed by atoms with Gasteiger partial charge in [-0.25, -0.2) is 0 Å². The van der Waals surface area contributed by atoms with E-state index in [1.807, 2.05) is 6.92 Å². The molecule has 0 radical (unpaired) electrons. The summed E-state index contributed by atoms with van der Waals surface area (Å²) in [4.78, 5) is 0. The van der Waals surface area contributed by atoms with E-state index in [2.05, 4.69) is 0 Å². The van der Waals surface area contributed by atoms with Gasteiger partial charge in [-0.1, -0.05) is 11.6 Å². The molecule has 0 aliphatic heterocycles. The molecule has 0 aliphatic rings. The largest absolute Gasteiger partial charge is 0.507 e. The SMILES string of the molecule is COCc1cc(Cl)cc(CC(C)N)c1O. The molecule has 15 heavy (non-hydrogen) atoms. The Morgan fingerprint density at radius 2 is 2.07 bits per heavy atom. The summed E-state index contributed by atoms with van der Waals surface area (Å²) in [6, 6.07) is 3.43. The van der Waals surface area contributed by atoms with Gasteiger partial charge in [0, 0.05) is 23.7 Å². The highest BCUT2D eigenvalue weighted by atomic mass is 35.5. The van der Waals surface area contributed by atoms with Crippen LogP contribution in [0.3, 0.4) is 0 Å². The quantitative estimate of drug-likeness (QED) is 0.831. The van der Waals surface area contributed by atoms with Crippen molar-refractivity contribution in [2.24, 2.45) is 5.73 Å². The molecule has 1 aromatic carbocycles. The van der Waals surface area contributed by atoms with E-state index in [0.29, 0.717) is 23.6 Å². The number of methoxy groups -OCH3 is 1. The zero-order chi connectivity index (χ0) is 11.4. The lowest BCUT2D eigenvalue weighted by Crippen LogP contribution is -2.18. The maximum absolute atomic E-state index is 9.90. The van der Waals surface area contributed by atoms with Crippen LogP contribution in [0.15, 0.2) is 12.1 Å². The van der Waals surface area contributed by atoms with Crippen molar-refractivity contribution in [2.75, 3.05) is 7.11 Å². The molecule has 0 fully saturated rings. The summed E-state index contributed by atoms with van der Waals surface area (Å²) in [6.07, 6.45) is 0.600. The van der Waals surface area contributed by atoms with Crippen molar-refractivity contribution in [1.29, 1.82) is 0 Å². The number of phenols is 1. The van der Waals surface area contributed by atoms with Crippen molar-refractivity contribution in [2.45, 2.75) is 26.0 Å². The molecule has 0 saturated carbocycles. The zero-order valence-electron chi connectivity index (χ0n) is 8.96. The second-order valence-electron chi connectivity index (χ2n) is 3.69. The van der Waals surface area contributed by atoms with Crippen LogP contribution in [0.5, 0.6) is 5.75 Å². The minimum atomic E-state index is -0.00948. The van der Waals surface area contributed by atoms with Crippen LogP contribution in [0.4, 0.5) is 0 Å². The molecule has 4 heteroatoms. The first kappa shape index (κ1) is 12.3. The van der Waals surface area contributed by atoms with Gasteiger partial charge >= 0.3 is 0 Å². The summed E-state index contributed by atoms with van der Waals surface area (Å²) < 4.78 is 4.97. The van der Waals surface area contributed by atoms with Gasteiger partial charge in [0.1, 0.15) is 5.75 Å². The molecular weight excluding hydrogens is 214 g/mol. The lowest BCUT2D eigenvalue weighted by atomic mass is 10.0. The molecule has 0 aromatic heterocycles. The summed E-state index contributed by atoms with van der Waals surface area (Å²) in [6.45, 7) is 2.23. The number of rotatable bonds is 4. The first-order valence-corrected chi connectivity index (χ1v) is 5.17. The molecule has 84 valence electrons. The smallest absolute Gasteiger partial charge is 0.124 e. The summed E-state index contributed by atoms with van der Waals surface area (Å²) in [7, 11) is 1.57. The summed E-state index contributed by atoms with van der Waals surface area (Å²) in [5.41, 5.74) is 7.15. The average molecular weight is 230 g/mol. The van der Waals surface area contributed by atoms with E-state index in [-0.39, 0.29) is 11.8 Å². The van der Waals surface area contributed by atoms with Crippen LogP contribution in [0, 0.1) is 0 Å². The van der Waals surface area contributed by atoms with Crippen molar-refractivity contribution < 1.29 is 9.84 Å². The highest BCUT2D eigenvalue weighted by Crippen LogP contribution is 2.28. The molecule has 0 bridgehead atoms. The predicted octanol–water partition coefficient (Wildman–Crippen LogP) is 2.08. The Morgan fingerprint density at radius 3 is 2.60 bits per heavy atom. The number of halogens is 1. The van der Waals surface area contributed by atoms with E-state index < -0.39 is 0 Å². The van der Waals surface area contributed by atoms with Gasteiger partial charge in [0.15, 0.2) is 0 Å². The van der Waals surface area contributed by atoms with E-state index in [4.69, 9.17) is 22.1 Å². The molecule has 0 aliphatic carbocycles. The maximum atomic E-state index is 9.90. The Labute approximate surface area is 94.8 Å². The van der Waals surface area contributed by atoms with Gasteiger partial charge in [0.2, 0.25) is 0 Å². The highest BCUT2D eigenvalue weighted by molar-refractivity contribution is 6.30. The van der Waals surface area contributed by atoms with Gasteiger partial charge in [-0.3, -0.25) is 0 Å². The number of benzene rings is 1. The van der Waals surface area contributed by atoms with Crippen LogP contribution < -0.4 is 5.73 Å². The Morgan fingerprint density at radius 1 is 1.47 bits per heavy atom. The molecule has 3 nitrogen and oxygen atoms in total. The van der Waals surface area contributed by atoms with Crippen LogP contribution in [0.25, 0.3) is 0 Å². The number of hydrogen-bond donors (Lipinski definition) is 2. The van der Waals surface area contributed by atoms with Gasteiger partial charge in [0.05, 0.1) is 6.61 Å². The number of hydrogen-bond acceptors (Lipinski definition) is 3. The molecule has 1 aromatic rings. The van der Waals surface area contributed by atoms with Gasteiger partial charge in [0.25, 0.3) is 0 Å². The second kappa shape index (κ2) is 5.35. The third kappa shape index (κ3) is 3.38. The molecule has 0 spiro atoms. The van der Waals surface area contributed by atoms with Crippen LogP contribution in [-0.4, -0.2) is 18.3 Å². The molecule has 1 atom stereocenters. The van der Waals surface area contributed by atoms with E-state index in [1.165, 1.54) is 0 Å². The lowest BCUT2D eigenvalue weighted by Gasteiger charge is -2.12. The minimum absolute atomic E-state index is 0.00948. The van der Waals surface area contributed by atoms with Crippen molar-refractivity contribution in [3.63, 3.8) is 0 Å². The summed E-state index contributed by atoms with van der Waals surface area (Å²) in [5, 5.41) is 10.5. The first-order valence-electron chi connectivity index (χ1n) is 4.79. The first-order chi connectivity index (χ1) is 7.04. The molecule has 1 unspecified atom stereocenters. The topological polar surface area (TPSA) is 55.5 Å².